The Morgan fingerprint density at radius 2 is 1.30 bits per heavy atom. The minimum atomic E-state index is -1.49. The van der Waals surface area contributed by atoms with Crippen molar-refractivity contribution in [2.24, 2.45) is 5.92 Å². The van der Waals surface area contributed by atoms with Crippen molar-refractivity contribution < 1.29 is 9.16 Å². The van der Waals surface area contributed by atoms with Gasteiger partial charge in [-0.05, 0) is 42.5 Å². The van der Waals surface area contributed by atoms with E-state index in [1.165, 1.54) is 75.1 Å². The first kappa shape index (κ1) is 27.4. The average molecular weight is 435 g/mol. The molecule has 1 aromatic carbocycles. The molecular weight excluding hydrogens is 384 g/mol. The summed E-state index contributed by atoms with van der Waals surface area (Å²) >= 11 is 0. The SMILES string of the molecule is CCCCCCCCCCOC(c1ccccc1)C(C)CCO[Si](CC)(CC)CC. The Morgan fingerprint density at radius 1 is 0.733 bits per heavy atom. The van der Waals surface area contributed by atoms with Gasteiger partial charge in [-0.2, -0.15) is 0 Å². The summed E-state index contributed by atoms with van der Waals surface area (Å²) in [5, 5.41) is 0. The molecule has 1 aromatic rings. The van der Waals surface area contributed by atoms with Crippen molar-refractivity contribution in [3.8, 4) is 0 Å². The van der Waals surface area contributed by atoms with E-state index >= 15 is 0 Å². The van der Waals surface area contributed by atoms with E-state index in [0.29, 0.717) is 5.92 Å². The number of hydrogen-bond acceptors (Lipinski definition) is 2. The van der Waals surface area contributed by atoms with Gasteiger partial charge in [0.15, 0.2) is 8.32 Å². The number of rotatable bonds is 19. The highest BCUT2D eigenvalue weighted by Gasteiger charge is 2.29. The van der Waals surface area contributed by atoms with E-state index in [-0.39, 0.29) is 6.10 Å². The molecule has 174 valence electrons. The molecule has 0 spiro atoms. The van der Waals surface area contributed by atoms with E-state index in [1.54, 1.807) is 0 Å². The largest absolute Gasteiger partial charge is 0.417 e. The maximum Gasteiger partial charge on any atom is 0.191 e. The van der Waals surface area contributed by atoms with Crippen LogP contribution in [0.1, 0.15) is 104 Å². The van der Waals surface area contributed by atoms with Crippen LogP contribution in [0.15, 0.2) is 30.3 Å². The van der Waals surface area contributed by atoms with Gasteiger partial charge >= 0.3 is 0 Å². The molecule has 0 aromatic heterocycles. The standard InChI is InChI=1S/C27H50O2Si/c1-6-10-11-12-13-14-15-19-23-28-27(26-20-17-16-18-21-26)25(5)22-24-29-30(7-2,8-3)9-4/h16-18,20-21,25,27H,6-15,19,22-24H2,1-5H3. The van der Waals surface area contributed by atoms with Gasteiger partial charge in [-0.1, -0.05) is 110 Å². The monoisotopic (exact) mass is 434 g/mol. The first-order valence-electron chi connectivity index (χ1n) is 12.9. The fourth-order valence-electron chi connectivity index (χ4n) is 4.35. The van der Waals surface area contributed by atoms with Crippen LogP contribution in [0.5, 0.6) is 0 Å². The van der Waals surface area contributed by atoms with E-state index in [2.05, 4.69) is 65.0 Å². The third-order valence-corrected chi connectivity index (χ3v) is 11.5. The second kappa shape index (κ2) is 17.0. The third kappa shape index (κ3) is 10.6. The summed E-state index contributed by atoms with van der Waals surface area (Å²) in [7, 11) is -1.49. The van der Waals surface area contributed by atoms with E-state index in [4.69, 9.17) is 9.16 Å². The highest BCUT2D eigenvalue weighted by molar-refractivity contribution is 6.73. The quantitative estimate of drug-likeness (QED) is 0.160. The van der Waals surface area contributed by atoms with Crippen LogP contribution in [-0.4, -0.2) is 21.5 Å². The van der Waals surface area contributed by atoms with Gasteiger partial charge in [-0.25, -0.2) is 0 Å². The fourth-order valence-corrected chi connectivity index (χ4v) is 7.01. The molecule has 0 saturated heterocycles. The van der Waals surface area contributed by atoms with Crippen LogP contribution in [-0.2, 0) is 9.16 Å². The zero-order valence-corrected chi connectivity index (χ0v) is 21.8. The molecule has 3 heteroatoms. The summed E-state index contributed by atoms with van der Waals surface area (Å²) in [4.78, 5) is 0. The zero-order chi connectivity index (χ0) is 22.1. The zero-order valence-electron chi connectivity index (χ0n) is 20.8. The molecular formula is C27H50O2Si. The van der Waals surface area contributed by atoms with E-state index in [9.17, 15) is 0 Å². The number of unbranched alkanes of at least 4 members (excludes halogenated alkanes) is 7. The predicted octanol–water partition coefficient (Wildman–Crippen LogP) is 8.93. The minimum Gasteiger partial charge on any atom is -0.417 e. The topological polar surface area (TPSA) is 18.5 Å². The summed E-state index contributed by atoms with van der Waals surface area (Å²) in [5.41, 5.74) is 1.31. The number of ether oxygens (including phenoxy) is 1. The first-order chi connectivity index (χ1) is 14.6. The molecule has 0 heterocycles. The molecule has 0 amide bonds. The second-order valence-corrected chi connectivity index (χ2v) is 13.8. The maximum atomic E-state index is 6.52. The van der Waals surface area contributed by atoms with Crippen LogP contribution in [0.3, 0.4) is 0 Å². The molecule has 2 nitrogen and oxygen atoms in total. The summed E-state index contributed by atoms with van der Waals surface area (Å²) in [5.74, 6) is 0.471. The number of hydrogen-bond donors (Lipinski definition) is 0. The van der Waals surface area contributed by atoms with Crippen molar-refractivity contribution in [2.75, 3.05) is 13.2 Å². The molecule has 0 N–H and O–H groups in total. The highest BCUT2D eigenvalue weighted by atomic mass is 28.4. The van der Waals surface area contributed by atoms with Crippen molar-refractivity contribution in [3.63, 3.8) is 0 Å². The van der Waals surface area contributed by atoms with Crippen LogP contribution >= 0.6 is 0 Å². The molecule has 0 fully saturated rings. The maximum absolute atomic E-state index is 6.52. The Bertz CT molecular complexity index is 493. The van der Waals surface area contributed by atoms with Gasteiger partial charge in [0.1, 0.15) is 0 Å². The van der Waals surface area contributed by atoms with Gasteiger partial charge in [0, 0.05) is 13.2 Å². The summed E-state index contributed by atoms with van der Waals surface area (Å²) < 4.78 is 13.0. The fraction of sp³-hybridized carbons (Fsp3) is 0.778. The summed E-state index contributed by atoms with van der Waals surface area (Å²) in [6.07, 6.45) is 12.0. The predicted molar refractivity (Wildman–Crippen MR) is 135 cm³/mol. The smallest absolute Gasteiger partial charge is 0.191 e. The lowest BCUT2D eigenvalue weighted by Crippen LogP contribution is -2.36. The Morgan fingerprint density at radius 3 is 1.87 bits per heavy atom. The molecule has 0 aliphatic heterocycles. The molecule has 2 atom stereocenters. The van der Waals surface area contributed by atoms with E-state index in [1.807, 2.05) is 0 Å². The van der Waals surface area contributed by atoms with Gasteiger partial charge < -0.3 is 9.16 Å². The van der Waals surface area contributed by atoms with Gasteiger partial charge in [0.2, 0.25) is 0 Å². The van der Waals surface area contributed by atoms with Crippen LogP contribution in [0.25, 0.3) is 0 Å². The second-order valence-electron chi connectivity index (χ2n) is 9.04. The molecule has 0 radical (unpaired) electrons. The molecule has 30 heavy (non-hydrogen) atoms. The molecule has 0 bridgehead atoms. The van der Waals surface area contributed by atoms with Gasteiger partial charge in [0.25, 0.3) is 0 Å². The molecule has 0 saturated carbocycles. The Kier molecular flexibility index (Phi) is 15.5. The van der Waals surface area contributed by atoms with Gasteiger partial charge in [-0.15, -0.1) is 0 Å². The van der Waals surface area contributed by atoms with Crippen molar-refractivity contribution in [3.05, 3.63) is 35.9 Å². The third-order valence-electron chi connectivity index (χ3n) is 6.85. The van der Waals surface area contributed by atoms with E-state index in [0.717, 1.165) is 19.6 Å². The Labute approximate surface area is 189 Å². The molecule has 0 aliphatic carbocycles. The first-order valence-corrected chi connectivity index (χ1v) is 15.5. The van der Waals surface area contributed by atoms with Crippen LogP contribution < -0.4 is 0 Å². The Balaban J connectivity index is 2.44. The van der Waals surface area contributed by atoms with Crippen LogP contribution in [0.2, 0.25) is 18.1 Å². The highest BCUT2D eigenvalue weighted by Crippen LogP contribution is 2.30. The van der Waals surface area contributed by atoms with Crippen molar-refractivity contribution in [1.29, 1.82) is 0 Å². The molecule has 0 aliphatic rings. The van der Waals surface area contributed by atoms with Gasteiger partial charge in [-0.3, -0.25) is 0 Å². The van der Waals surface area contributed by atoms with Crippen LogP contribution in [0, 0.1) is 5.92 Å². The lowest BCUT2D eigenvalue weighted by Gasteiger charge is -2.30. The lowest BCUT2D eigenvalue weighted by atomic mass is 9.94. The van der Waals surface area contributed by atoms with Crippen molar-refractivity contribution in [1.82, 2.24) is 0 Å². The van der Waals surface area contributed by atoms with Crippen LogP contribution in [0.4, 0.5) is 0 Å². The molecule has 2 unspecified atom stereocenters. The normalized spacial score (nSPS) is 14.0. The van der Waals surface area contributed by atoms with E-state index < -0.39 is 8.32 Å². The summed E-state index contributed by atoms with van der Waals surface area (Å²) in [6.45, 7) is 13.3. The van der Waals surface area contributed by atoms with Gasteiger partial charge in [0.05, 0.1) is 6.10 Å². The minimum absolute atomic E-state index is 0.181. The lowest BCUT2D eigenvalue weighted by molar-refractivity contribution is 0.00718. The summed E-state index contributed by atoms with van der Waals surface area (Å²) in [6, 6.07) is 14.5. The van der Waals surface area contributed by atoms with Crippen molar-refractivity contribution in [2.45, 2.75) is 117 Å². The molecule has 1 rings (SSSR count). The average Bonchev–Trinajstić information content (AvgIpc) is 2.79. The Hall–Kier alpha value is -0.643. The number of benzene rings is 1. The van der Waals surface area contributed by atoms with Crippen molar-refractivity contribution >= 4 is 8.32 Å².